The number of nitrogens with two attached hydrogens (primary N) is 1. The molecule has 0 aliphatic rings. The second kappa shape index (κ2) is 3.69. The van der Waals surface area contributed by atoms with E-state index in [-0.39, 0.29) is 17.7 Å². The number of halogens is 3. The Kier molecular flexibility index (Phi) is 2.78. The number of carbonyl (C=O) groups is 1. The van der Waals surface area contributed by atoms with E-state index in [1.165, 1.54) is 0 Å². The largest absolute Gasteiger partial charge is 0.389 e. The molecule has 0 aliphatic heterocycles. The normalized spacial score (nSPS) is 11.6. The number of hydrogen-bond acceptors (Lipinski definition) is 2. The van der Waals surface area contributed by atoms with Gasteiger partial charge in [0.05, 0.1) is 11.8 Å². The van der Waals surface area contributed by atoms with Gasteiger partial charge in [0.1, 0.15) is 0 Å². The highest BCUT2D eigenvalue weighted by atomic mass is 19.4. The first-order valence-electron chi connectivity index (χ1n) is 3.79. The Hall–Kier alpha value is -1.53. The Morgan fingerprint density at radius 1 is 1.57 bits per heavy atom. The van der Waals surface area contributed by atoms with Crippen molar-refractivity contribution in [3.8, 4) is 0 Å². The fraction of sp³-hybridized carbons (Fsp3) is 0.429. The smallest absolute Gasteiger partial charge is 0.365 e. The Morgan fingerprint density at radius 3 is 2.71 bits per heavy atom. The molecule has 1 rings (SSSR count). The number of aromatic nitrogens is 2. The summed E-state index contributed by atoms with van der Waals surface area (Å²) in [4.78, 5) is 10.7. The summed E-state index contributed by atoms with van der Waals surface area (Å²) in [6.07, 6.45) is -4.45. The molecule has 1 heterocycles. The van der Waals surface area contributed by atoms with E-state index in [0.29, 0.717) is 0 Å². The number of nitrogens with zero attached hydrogens (tertiary/aromatic N) is 1. The van der Waals surface area contributed by atoms with Crippen LogP contribution in [-0.4, -0.2) is 22.3 Å². The minimum Gasteiger partial charge on any atom is -0.365 e. The van der Waals surface area contributed by atoms with Gasteiger partial charge >= 0.3 is 6.18 Å². The zero-order chi connectivity index (χ0) is 10.8. The summed E-state index contributed by atoms with van der Waals surface area (Å²) in [5, 5.41) is 5.76. The van der Waals surface area contributed by atoms with Crippen LogP contribution in [0.2, 0.25) is 0 Å². The predicted octanol–water partition coefficient (Wildman–Crippen LogP) is 1.00. The average Bonchev–Trinajstić information content (AvgIpc) is 2.46. The molecule has 3 N–H and O–H groups in total. The molecule has 0 bridgehead atoms. The summed E-state index contributed by atoms with van der Waals surface area (Å²) in [5.41, 5.74) is 5.05. The highest BCUT2D eigenvalue weighted by Crippen LogP contribution is 2.22. The molecule has 0 radical (unpaired) electrons. The van der Waals surface area contributed by atoms with Crippen LogP contribution in [0.15, 0.2) is 6.20 Å². The summed E-state index contributed by atoms with van der Waals surface area (Å²) in [7, 11) is 0. The molecule has 1 aromatic heterocycles. The first kappa shape index (κ1) is 10.6. The lowest BCUT2D eigenvalue weighted by Crippen LogP contribution is -2.14. The number of amides is 1. The average molecular weight is 207 g/mol. The van der Waals surface area contributed by atoms with Gasteiger partial charge in [0, 0.05) is 12.1 Å². The van der Waals surface area contributed by atoms with Gasteiger partial charge in [-0.3, -0.25) is 9.89 Å². The van der Waals surface area contributed by atoms with E-state index in [9.17, 15) is 18.0 Å². The van der Waals surface area contributed by atoms with Crippen molar-refractivity contribution in [1.82, 2.24) is 10.2 Å². The lowest BCUT2D eigenvalue weighted by molar-refractivity contribution is -0.134. The Morgan fingerprint density at radius 2 is 2.21 bits per heavy atom. The minimum absolute atomic E-state index is 0.00856. The van der Waals surface area contributed by atoms with Crippen molar-refractivity contribution in [2.45, 2.75) is 19.0 Å². The molecule has 0 fully saturated rings. The third-order valence-corrected chi connectivity index (χ3v) is 1.64. The molecule has 1 amide bonds. The molecule has 78 valence electrons. The number of H-pyrrole nitrogens is 1. The third kappa shape index (κ3) is 2.75. The predicted molar refractivity (Wildman–Crippen MR) is 41.5 cm³/mol. The highest BCUT2D eigenvalue weighted by Gasteiger charge is 2.27. The lowest BCUT2D eigenvalue weighted by Gasteiger charge is -2.04. The lowest BCUT2D eigenvalue weighted by atomic mass is 10.1. The van der Waals surface area contributed by atoms with Crippen molar-refractivity contribution in [2.24, 2.45) is 5.73 Å². The molecule has 0 unspecified atom stereocenters. The van der Waals surface area contributed by atoms with Crippen LogP contribution in [0.5, 0.6) is 0 Å². The topological polar surface area (TPSA) is 71.8 Å². The molecule has 7 heteroatoms. The number of aryl methyl sites for hydroxylation is 1. The quantitative estimate of drug-likeness (QED) is 0.776. The highest BCUT2D eigenvalue weighted by molar-refractivity contribution is 5.93. The van der Waals surface area contributed by atoms with Gasteiger partial charge in [-0.15, -0.1) is 0 Å². The monoisotopic (exact) mass is 207 g/mol. The summed E-state index contributed by atoms with van der Waals surface area (Å²) >= 11 is 0. The van der Waals surface area contributed by atoms with Crippen molar-refractivity contribution in [1.29, 1.82) is 0 Å². The summed E-state index contributed by atoms with van der Waals surface area (Å²) in [6, 6.07) is 0. The molecule has 1 aromatic rings. The number of alkyl halides is 3. The van der Waals surface area contributed by atoms with Gasteiger partial charge in [-0.1, -0.05) is 0 Å². The summed E-state index contributed by atoms with van der Waals surface area (Å²) in [5.74, 6) is -0.782. The Labute approximate surface area is 77.3 Å². The van der Waals surface area contributed by atoms with E-state index in [1.807, 2.05) is 0 Å². The van der Waals surface area contributed by atoms with Gasteiger partial charge in [-0.2, -0.15) is 18.3 Å². The van der Waals surface area contributed by atoms with Crippen LogP contribution in [0.4, 0.5) is 13.2 Å². The first-order chi connectivity index (χ1) is 6.40. The molecular formula is C7H8F3N3O. The Balaban J connectivity index is 2.68. The molecule has 0 atom stereocenters. The van der Waals surface area contributed by atoms with Crippen LogP contribution in [0, 0.1) is 0 Å². The molecule has 4 nitrogen and oxygen atoms in total. The number of rotatable bonds is 3. The van der Waals surface area contributed by atoms with Crippen molar-refractivity contribution in [3.63, 3.8) is 0 Å². The van der Waals surface area contributed by atoms with Crippen molar-refractivity contribution >= 4 is 5.91 Å². The number of hydrogen-bond donors (Lipinski definition) is 2. The van der Waals surface area contributed by atoms with Crippen LogP contribution in [-0.2, 0) is 6.42 Å². The van der Waals surface area contributed by atoms with E-state index >= 15 is 0 Å². The second-order valence-corrected chi connectivity index (χ2v) is 2.74. The van der Waals surface area contributed by atoms with E-state index < -0.39 is 18.5 Å². The summed E-state index contributed by atoms with van der Waals surface area (Å²) < 4.78 is 35.5. The van der Waals surface area contributed by atoms with E-state index in [1.54, 1.807) is 0 Å². The van der Waals surface area contributed by atoms with Gasteiger partial charge in [0.15, 0.2) is 0 Å². The van der Waals surface area contributed by atoms with Gasteiger partial charge in [0.2, 0.25) is 0 Å². The SMILES string of the molecule is NC(=O)c1cn[nH]c1CCC(F)(F)F. The van der Waals surface area contributed by atoms with E-state index in [2.05, 4.69) is 10.2 Å². The third-order valence-electron chi connectivity index (χ3n) is 1.64. The van der Waals surface area contributed by atoms with Gasteiger partial charge in [-0.25, -0.2) is 0 Å². The minimum atomic E-state index is -4.25. The molecule has 0 saturated heterocycles. The maximum absolute atomic E-state index is 11.8. The number of aromatic amines is 1. The van der Waals surface area contributed by atoms with Crippen LogP contribution in [0.1, 0.15) is 22.5 Å². The zero-order valence-electron chi connectivity index (χ0n) is 7.06. The van der Waals surface area contributed by atoms with E-state index in [0.717, 1.165) is 6.20 Å². The van der Waals surface area contributed by atoms with Crippen molar-refractivity contribution < 1.29 is 18.0 Å². The zero-order valence-corrected chi connectivity index (χ0v) is 7.06. The molecule has 0 aromatic carbocycles. The Bertz CT molecular complexity index is 331. The maximum Gasteiger partial charge on any atom is 0.389 e. The molecule has 0 saturated carbocycles. The van der Waals surface area contributed by atoms with E-state index in [4.69, 9.17) is 5.73 Å². The fourth-order valence-corrected chi connectivity index (χ4v) is 0.983. The molecule has 0 aliphatic carbocycles. The fourth-order valence-electron chi connectivity index (χ4n) is 0.983. The second-order valence-electron chi connectivity index (χ2n) is 2.74. The van der Waals surface area contributed by atoms with Crippen LogP contribution in [0.25, 0.3) is 0 Å². The molecular weight excluding hydrogens is 199 g/mol. The molecule has 0 spiro atoms. The molecule has 14 heavy (non-hydrogen) atoms. The number of nitrogens with one attached hydrogen (secondary N) is 1. The number of carbonyl (C=O) groups excluding carboxylic acids is 1. The van der Waals surface area contributed by atoms with Crippen molar-refractivity contribution in [2.75, 3.05) is 0 Å². The van der Waals surface area contributed by atoms with Crippen LogP contribution < -0.4 is 5.73 Å². The first-order valence-corrected chi connectivity index (χ1v) is 3.79. The van der Waals surface area contributed by atoms with Crippen molar-refractivity contribution in [3.05, 3.63) is 17.5 Å². The van der Waals surface area contributed by atoms with Gasteiger partial charge in [0.25, 0.3) is 5.91 Å². The maximum atomic E-state index is 11.8. The number of primary amides is 1. The van der Waals surface area contributed by atoms with Crippen LogP contribution in [0.3, 0.4) is 0 Å². The van der Waals surface area contributed by atoms with Gasteiger partial charge in [-0.05, 0) is 6.42 Å². The van der Waals surface area contributed by atoms with Crippen LogP contribution >= 0.6 is 0 Å². The van der Waals surface area contributed by atoms with Gasteiger partial charge < -0.3 is 5.73 Å². The standard InChI is InChI=1S/C7H8F3N3O/c8-7(9,10)2-1-5-4(6(11)14)3-12-13-5/h3H,1-2H2,(H2,11,14)(H,12,13). The summed E-state index contributed by atoms with van der Waals surface area (Å²) in [6.45, 7) is 0.